The molecule has 0 aliphatic carbocycles. The van der Waals surface area contributed by atoms with Gasteiger partial charge in [-0.3, -0.25) is 4.79 Å². The highest BCUT2D eigenvalue weighted by Gasteiger charge is 2.27. The summed E-state index contributed by atoms with van der Waals surface area (Å²) in [5.74, 6) is -0.115. The lowest BCUT2D eigenvalue weighted by Gasteiger charge is -2.17. The summed E-state index contributed by atoms with van der Waals surface area (Å²) in [4.78, 5) is 15.8. The Labute approximate surface area is 132 Å². The molecular formula is C15H17N3OS2. The Morgan fingerprint density at radius 2 is 1.95 bits per heavy atom. The third-order valence-corrected chi connectivity index (χ3v) is 5.86. The molecule has 0 saturated heterocycles. The molecule has 2 aromatic rings. The van der Waals surface area contributed by atoms with Gasteiger partial charge in [-0.2, -0.15) is 0 Å². The molecule has 6 heteroatoms. The van der Waals surface area contributed by atoms with E-state index in [9.17, 15) is 4.79 Å². The number of nitrogens with zero attached hydrogens (tertiary/aromatic N) is 1. The molecule has 3 rings (SSSR count). The minimum atomic E-state index is -0.115. The molecule has 1 aromatic carbocycles. The summed E-state index contributed by atoms with van der Waals surface area (Å²) in [5.41, 5.74) is 9.45. The second-order valence-corrected chi connectivity index (χ2v) is 6.70. The van der Waals surface area contributed by atoms with Gasteiger partial charge in [0.25, 0.3) is 5.91 Å². The molecule has 0 unspecified atom stereocenters. The number of nitrogens with one attached hydrogen (secondary N) is 1. The summed E-state index contributed by atoms with van der Waals surface area (Å²) in [7, 11) is 1.63. The lowest BCUT2D eigenvalue weighted by atomic mass is 10.1. The maximum Gasteiger partial charge on any atom is 0.263 e. The predicted octanol–water partition coefficient (Wildman–Crippen LogP) is 2.93. The van der Waals surface area contributed by atoms with Crippen LogP contribution in [0.3, 0.4) is 0 Å². The van der Waals surface area contributed by atoms with Crippen LogP contribution >= 0.6 is 23.1 Å². The average molecular weight is 319 g/mol. The minimum Gasteiger partial charge on any atom is -0.396 e. The smallest absolute Gasteiger partial charge is 0.263 e. The Balaban J connectivity index is 1.99. The van der Waals surface area contributed by atoms with Crippen molar-refractivity contribution >= 4 is 39.7 Å². The first-order valence-electron chi connectivity index (χ1n) is 6.65. The van der Waals surface area contributed by atoms with Gasteiger partial charge in [0.2, 0.25) is 0 Å². The second kappa shape index (κ2) is 5.61. The number of fused-ring (bicyclic) bond motifs is 1. The second-order valence-electron chi connectivity index (χ2n) is 4.89. The molecule has 0 spiro atoms. The van der Waals surface area contributed by atoms with Gasteiger partial charge in [0.1, 0.15) is 9.88 Å². The molecule has 0 radical (unpaired) electrons. The fourth-order valence-corrected chi connectivity index (χ4v) is 4.71. The number of hydrogen-bond acceptors (Lipinski definition) is 5. The Morgan fingerprint density at radius 1 is 1.33 bits per heavy atom. The molecule has 4 nitrogen and oxygen atoms in total. The quantitative estimate of drug-likeness (QED) is 0.854. The van der Waals surface area contributed by atoms with Crippen LogP contribution in [0.2, 0.25) is 0 Å². The summed E-state index contributed by atoms with van der Waals surface area (Å²) in [6.45, 7) is 1.74. The zero-order valence-corrected chi connectivity index (χ0v) is 13.6. The molecule has 1 aliphatic rings. The summed E-state index contributed by atoms with van der Waals surface area (Å²) < 4.78 is 0. The van der Waals surface area contributed by atoms with E-state index in [2.05, 4.69) is 34.5 Å². The number of nitrogens with two attached hydrogens (primary N) is 1. The van der Waals surface area contributed by atoms with Gasteiger partial charge in [0.05, 0.1) is 10.6 Å². The summed E-state index contributed by atoms with van der Waals surface area (Å²) >= 11 is 3.08. The van der Waals surface area contributed by atoms with Crippen molar-refractivity contribution in [3.63, 3.8) is 0 Å². The van der Waals surface area contributed by atoms with Crippen LogP contribution < -0.4 is 16.0 Å². The summed E-state index contributed by atoms with van der Waals surface area (Å²) in [6, 6.07) is 8.45. The van der Waals surface area contributed by atoms with Crippen LogP contribution in [-0.4, -0.2) is 19.2 Å². The molecular weight excluding hydrogens is 302 g/mol. The van der Waals surface area contributed by atoms with Gasteiger partial charge in [-0.25, -0.2) is 0 Å². The minimum absolute atomic E-state index is 0.115. The van der Waals surface area contributed by atoms with Crippen LogP contribution in [0.5, 0.6) is 0 Å². The number of benzene rings is 1. The lowest BCUT2D eigenvalue weighted by molar-refractivity contribution is 0.0968. The van der Waals surface area contributed by atoms with Crippen LogP contribution in [0.4, 0.5) is 10.7 Å². The van der Waals surface area contributed by atoms with E-state index in [1.54, 1.807) is 18.8 Å². The predicted molar refractivity (Wildman–Crippen MR) is 90.2 cm³/mol. The highest BCUT2D eigenvalue weighted by Crippen LogP contribution is 2.46. The van der Waals surface area contributed by atoms with Crippen molar-refractivity contribution in [3.05, 3.63) is 40.3 Å². The molecule has 0 saturated carbocycles. The zero-order chi connectivity index (χ0) is 15.0. The summed E-state index contributed by atoms with van der Waals surface area (Å²) in [6.07, 6.45) is 2.00. The molecule has 1 aromatic heterocycles. The number of anilines is 2. The first-order chi connectivity index (χ1) is 10.2. The van der Waals surface area contributed by atoms with Gasteiger partial charge in [0, 0.05) is 20.1 Å². The van der Waals surface area contributed by atoms with E-state index in [1.807, 2.05) is 6.26 Å². The van der Waals surface area contributed by atoms with Gasteiger partial charge >= 0.3 is 0 Å². The van der Waals surface area contributed by atoms with E-state index in [4.69, 9.17) is 5.73 Å². The molecule has 110 valence electrons. The monoisotopic (exact) mass is 319 g/mol. The largest absolute Gasteiger partial charge is 0.396 e. The number of carbonyl (C=O) groups is 1. The molecule has 3 N–H and O–H groups in total. The van der Waals surface area contributed by atoms with Gasteiger partial charge in [0.15, 0.2) is 0 Å². The molecule has 2 heterocycles. The number of rotatable bonds is 3. The average Bonchev–Trinajstić information content (AvgIpc) is 3.06. The third kappa shape index (κ3) is 2.38. The SMILES string of the molecule is CNC(=O)c1sc(N2Cc3ccccc3C2)c(SC)c1N. The van der Waals surface area contributed by atoms with E-state index < -0.39 is 0 Å². The molecule has 0 bridgehead atoms. The van der Waals surface area contributed by atoms with Crippen LogP contribution in [0, 0.1) is 0 Å². The highest BCUT2D eigenvalue weighted by atomic mass is 32.2. The van der Waals surface area contributed by atoms with E-state index in [0.717, 1.165) is 23.0 Å². The topological polar surface area (TPSA) is 58.4 Å². The molecule has 1 amide bonds. The fraction of sp³-hybridized carbons (Fsp3) is 0.267. The molecule has 0 atom stereocenters. The van der Waals surface area contributed by atoms with E-state index >= 15 is 0 Å². The number of carbonyl (C=O) groups excluding carboxylic acids is 1. The first-order valence-corrected chi connectivity index (χ1v) is 8.70. The van der Waals surface area contributed by atoms with Crippen molar-refractivity contribution in [1.82, 2.24) is 5.32 Å². The number of amides is 1. The number of thioether (sulfide) groups is 1. The van der Waals surface area contributed by atoms with E-state index in [0.29, 0.717) is 10.6 Å². The maximum absolute atomic E-state index is 11.9. The molecule has 1 aliphatic heterocycles. The number of thiophene rings is 1. The van der Waals surface area contributed by atoms with Crippen molar-refractivity contribution in [2.45, 2.75) is 18.0 Å². The van der Waals surface area contributed by atoms with Crippen molar-refractivity contribution in [3.8, 4) is 0 Å². The van der Waals surface area contributed by atoms with Gasteiger partial charge < -0.3 is 16.0 Å². The summed E-state index contributed by atoms with van der Waals surface area (Å²) in [5, 5.41) is 3.75. The fourth-order valence-electron chi connectivity index (χ4n) is 2.58. The van der Waals surface area contributed by atoms with Crippen molar-refractivity contribution < 1.29 is 4.79 Å². The standard InChI is InChI=1S/C15H17N3OS2/c1-17-14(19)12-11(16)13(20-2)15(21-12)18-7-9-5-3-4-6-10(9)8-18/h3-6H,7-8,16H2,1-2H3,(H,17,19). The molecule has 0 fully saturated rings. The Kier molecular flexibility index (Phi) is 3.82. The number of nitrogen functional groups attached to an aromatic ring is 1. The Morgan fingerprint density at radius 3 is 2.48 bits per heavy atom. The van der Waals surface area contributed by atoms with E-state index in [-0.39, 0.29) is 5.91 Å². The van der Waals surface area contributed by atoms with E-state index in [1.165, 1.54) is 22.5 Å². The van der Waals surface area contributed by atoms with Crippen LogP contribution in [0.1, 0.15) is 20.8 Å². The maximum atomic E-state index is 11.9. The number of hydrogen-bond donors (Lipinski definition) is 2. The highest BCUT2D eigenvalue weighted by molar-refractivity contribution is 7.99. The van der Waals surface area contributed by atoms with Crippen LogP contribution in [0.15, 0.2) is 29.2 Å². The zero-order valence-electron chi connectivity index (χ0n) is 12.0. The molecule has 21 heavy (non-hydrogen) atoms. The van der Waals surface area contributed by atoms with Gasteiger partial charge in [-0.15, -0.1) is 23.1 Å². The van der Waals surface area contributed by atoms with Crippen molar-refractivity contribution in [1.29, 1.82) is 0 Å². The lowest BCUT2D eigenvalue weighted by Crippen LogP contribution is -2.17. The van der Waals surface area contributed by atoms with Crippen molar-refractivity contribution in [2.24, 2.45) is 0 Å². The third-order valence-electron chi connectivity index (χ3n) is 3.65. The first kappa shape index (κ1) is 14.3. The normalized spacial score (nSPS) is 13.3. The Hall–Kier alpha value is -1.66. The Bertz CT molecular complexity index is 671. The van der Waals surface area contributed by atoms with Crippen LogP contribution in [0.25, 0.3) is 0 Å². The van der Waals surface area contributed by atoms with Crippen LogP contribution in [-0.2, 0) is 13.1 Å². The van der Waals surface area contributed by atoms with Gasteiger partial charge in [-0.1, -0.05) is 24.3 Å². The van der Waals surface area contributed by atoms with Gasteiger partial charge in [-0.05, 0) is 17.4 Å². The van der Waals surface area contributed by atoms with Crippen molar-refractivity contribution in [2.75, 3.05) is 23.9 Å².